The number of hydrogen-bond donors (Lipinski definition) is 2. The maximum atomic E-state index is 11.7. The van der Waals surface area contributed by atoms with E-state index in [0.29, 0.717) is 25.7 Å². The fourth-order valence-corrected chi connectivity index (χ4v) is 2.88. The molecule has 0 aromatic rings. The molecule has 138 valence electrons. The van der Waals surface area contributed by atoms with Crippen molar-refractivity contribution in [2.75, 3.05) is 7.11 Å². The lowest BCUT2D eigenvalue weighted by molar-refractivity contribution is -0.542. The van der Waals surface area contributed by atoms with E-state index in [1.807, 2.05) is 0 Å². The van der Waals surface area contributed by atoms with Gasteiger partial charge in [0.05, 0.1) is 7.11 Å². The molecule has 1 aliphatic carbocycles. The second-order valence-electron chi connectivity index (χ2n) is 7.00. The van der Waals surface area contributed by atoms with E-state index >= 15 is 0 Å². The number of hydrogen-bond acceptors (Lipinski definition) is 7. The molecule has 0 spiro atoms. The quantitative estimate of drug-likeness (QED) is 0.435. The smallest absolute Gasteiger partial charge is 0.407 e. The van der Waals surface area contributed by atoms with Gasteiger partial charge in [-0.1, -0.05) is 0 Å². The van der Waals surface area contributed by atoms with Gasteiger partial charge in [-0.05, 0) is 46.5 Å². The van der Waals surface area contributed by atoms with Crippen molar-refractivity contribution >= 4 is 12.1 Å². The lowest BCUT2D eigenvalue weighted by Gasteiger charge is -2.31. The minimum atomic E-state index is -1.79. The Kier molecular flexibility index (Phi) is 6.94. The molecule has 0 aromatic heterocycles. The monoisotopic (exact) mass is 346 g/mol. The molecular formula is C15H26N2O7. The SMILES string of the molecule is COC(=O)C(O)C(C1CCC(NC(=O)OC(C)(C)C)CC1)[N+](=O)[O-]. The first-order valence-corrected chi connectivity index (χ1v) is 7.94. The van der Waals surface area contributed by atoms with Crippen molar-refractivity contribution in [1.29, 1.82) is 0 Å². The molecule has 0 saturated heterocycles. The molecule has 0 aliphatic heterocycles. The molecular weight excluding hydrogens is 320 g/mol. The third-order valence-corrected chi connectivity index (χ3v) is 3.99. The molecule has 2 N–H and O–H groups in total. The predicted octanol–water partition coefficient (Wildman–Crippen LogP) is 1.25. The molecule has 9 nitrogen and oxygen atoms in total. The second-order valence-corrected chi connectivity index (χ2v) is 7.00. The Morgan fingerprint density at radius 3 is 2.21 bits per heavy atom. The number of nitro groups is 1. The lowest BCUT2D eigenvalue weighted by Crippen LogP contribution is -2.48. The van der Waals surface area contributed by atoms with Crippen molar-refractivity contribution in [2.24, 2.45) is 5.92 Å². The zero-order chi connectivity index (χ0) is 18.5. The highest BCUT2D eigenvalue weighted by atomic mass is 16.6. The summed E-state index contributed by atoms with van der Waals surface area (Å²) >= 11 is 0. The molecule has 2 unspecified atom stereocenters. The first kappa shape index (κ1) is 20.1. The van der Waals surface area contributed by atoms with Gasteiger partial charge in [-0.25, -0.2) is 9.59 Å². The fraction of sp³-hybridized carbons (Fsp3) is 0.867. The van der Waals surface area contributed by atoms with Crippen LogP contribution in [0.4, 0.5) is 4.79 Å². The number of carbonyl (C=O) groups is 2. The Hall–Kier alpha value is -1.90. The van der Waals surface area contributed by atoms with Crippen molar-refractivity contribution < 1.29 is 29.1 Å². The second kappa shape index (κ2) is 8.27. The lowest BCUT2D eigenvalue weighted by atomic mass is 9.80. The molecule has 24 heavy (non-hydrogen) atoms. The van der Waals surface area contributed by atoms with Gasteiger partial charge >= 0.3 is 12.1 Å². The molecule has 0 bridgehead atoms. The fourth-order valence-electron chi connectivity index (χ4n) is 2.88. The molecule has 0 radical (unpaired) electrons. The maximum Gasteiger partial charge on any atom is 0.407 e. The van der Waals surface area contributed by atoms with Crippen LogP contribution in [0.2, 0.25) is 0 Å². The number of amides is 1. The van der Waals surface area contributed by atoms with E-state index in [1.54, 1.807) is 20.8 Å². The molecule has 0 heterocycles. The molecule has 1 aliphatic rings. The van der Waals surface area contributed by atoms with Gasteiger partial charge in [0, 0.05) is 16.9 Å². The zero-order valence-electron chi connectivity index (χ0n) is 14.5. The van der Waals surface area contributed by atoms with Crippen LogP contribution < -0.4 is 5.32 Å². The third-order valence-electron chi connectivity index (χ3n) is 3.99. The number of aliphatic hydroxyl groups is 1. The number of rotatable bonds is 5. The van der Waals surface area contributed by atoms with E-state index in [0.717, 1.165) is 7.11 Å². The first-order chi connectivity index (χ1) is 11.0. The summed E-state index contributed by atoms with van der Waals surface area (Å²) in [6.45, 7) is 5.29. The summed E-state index contributed by atoms with van der Waals surface area (Å²) in [5.74, 6) is -1.46. The number of nitrogens with one attached hydrogen (secondary N) is 1. The van der Waals surface area contributed by atoms with Crippen LogP contribution >= 0.6 is 0 Å². The Morgan fingerprint density at radius 1 is 1.25 bits per heavy atom. The summed E-state index contributed by atoms with van der Waals surface area (Å²) in [6.07, 6.45) is -0.443. The molecule has 1 rings (SSSR count). The minimum Gasteiger partial charge on any atom is -0.467 e. The van der Waals surface area contributed by atoms with Gasteiger partial charge in [0.15, 0.2) is 0 Å². The van der Waals surface area contributed by atoms with Gasteiger partial charge in [0.25, 0.3) is 6.04 Å². The highest BCUT2D eigenvalue weighted by Crippen LogP contribution is 2.30. The topological polar surface area (TPSA) is 128 Å². The van der Waals surface area contributed by atoms with Crippen LogP contribution in [0.15, 0.2) is 0 Å². The van der Waals surface area contributed by atoms with Crippen LogP contribution in [-0.2, 0) is 14.3 Å². The van der Waals surface area contributed by atoms with Crippen molar-refractivity contribution in [3.05, 3.63) is 10.1 Å². The third kappa shape index (κ3) is 5.95. The van der Waals surface area contributed by atoms with Gasteiger partial charge in [0.2, 0.25) is 6.10 Å². The van der Waals surface area contributed by atoms with Crippen molar-refractivity contribution in [3.8, 4) is 0 Å². The summed E-state index contributed by atoms with van der Waals surface area (Å²) in [5, 5.41) is 23.8. The van der Waals surface area contributed by atoms with Gasteiger partial charge in [0.1, 0.15) is 5.60 Å². The van der Waals surface area contributed by atoms with E-state index in [2.05, 4.69) is 10.1 Å². The largest absolute Gasteiger partial charge is 0.467 e. The number of carbonyl (C=O) groups excluding carboxylic acids is 2. The number of methoxy groups -OCH3 is 1. The summed E-state index contributed by atoms with van der Waals surface area (Å²) < 4.78 is 9.56. The van der Waals surface area contributed by atoms with Crippen molar-refractivity contribution in [3.63, 3.8) is 0 Å². The van der Waals surface area contributed by atoms with Crippen LogP contribution in [0.1, 0.15) is 46.5 Å². The van der Waals surface area contributed by atoms with Gasteiger partial charge in [-0.3, -0.25) is 10.1 Å². The average molecular weight is 346 g/mol. The van der Waals surface area contributed by atoms with E-state index < -0.39 is 40.7 Å². The average Bonchev–Trinajstić information content (AvgIpc) is 2.45. The van der Waals surface area contributed by atoms with Crippen LogP contribution in [0.3, 0.4) is 0 Å². The Labute approximate surface area is 140 Å². The number of aliphatic hydroxyl groups excluding tert-OH is 1. The maximum absolute atomic E-state index is 11.7. The van der Waals surface area contributed by atoms with Crippen LogP contribution in [0, 0.1) is 16.0 Å². The van der Waals surface area contributed by atoms with Crippen LogP contribution in [0.5, 0.6) is 0 Å². The number of esters is 1. The Bertz CT molecular complexity index is 467. The summed E-state index contributed by atoms with van der Waals surface area (Å²) in [7, 11) is 1.07. The molecule has 1 fully saturated rings. The Balaban J connectivity index is 2.58. The summed E-state index contributed by atoms with van der Waals surface area (Å²) in [6, 6.07) is -1.54. The highest BCUT2D eigenvalue weighted by Gasteiger charge is 2.44. The molecule has 9 heteroatoms. The van der Waals surface area contributed by atoms with Crippen molar-refractivity contribution in [1.82, 2.24) is 5.32 Å². The Morgan fingerprint density at radius 2 is 1.79 bits per heavy atom. The highest BCUT2D eigenvalue weighted by molar-refractivity contribution is 5.74. The standard InChI is InChI=1S/C15H26N2O7/c1-15(2,3)24-14(20)16-10-7-5-9(6-8-10)11(17(21)22)12(18)13(19)23-4/h9-12,18H,5-8H2,1-4H3,(H,16,20). The normalized spacial score (nSPS) is 23.7. The molecule has 0 aromatic carbocycles. The van der Waals surface area contributed by atoms with E-state index in [9.17, 15) is 24.8 Å². The van der Waals surface area contributed by atoms with Crippen molar-refractivity contribution in [2.45, 2.75) is 70.2 Å². The van der Waals surface area contributed by atoms with Crippen LogP contribution in [0.25, 0.3) is 0 Å². The summed E-state index contributed by atoms with van der Waals surface area (Å²) in [4.78, 5) is 33.7. The number of nitrogens with zero attached hydrogens (tertiary/aromatic N) is 1. The zero-order valence-corrected chi connectivity index (χ0v) is 14.5. The predicted molar refractivity (Wildman–Crippen MR) is 83.9 cm³/mol. The first-order valence-electron chi connectivity index (χ1n) is 7.94. The van der Waals surface area contributed by atoms with E-state index in [-0.39, 0.29) is 6.04 Å². The van der Waals surface area contributed by atoms with E-state index in [1.165, 1.54) is 0 Å². The number of ether oxygens (including phenoxy) is 2. The minimum absolute atomic E-state index is 0.140. The van der Waals surface area contributed by atoms with E-state index in [4.69, 9.17) is 4.74 Å². The van der Waals surface area contributed by atoms with Gasteiger partial charge in [-0.15, -0.1) is 0 Å². The van der Waals surface area contributed by atoms with Gasteiger partial charge < -0.3 is 19.9 Å². The molecule has 2 atom stereocenters. The summed E-state index contributed by atoms with van der Waals surface area (Å²) in [5.41, 5.74) is -0.595. The molecule has 1 amide bonds. The molecule has 1 saturated carbocycles. The number of alkyl carbamates (subject to hydrolysis) is 1. The van der Waals surface area contributed by atoms with Gasteiger partial charge in [-0.2, -0.15) is 0 Å². The van der Waals surface area contributed by atoms with Crippen LogP contribution in [-0.4, -0.2) is 53.0 Å².